The average Bonchev–Trinajstić information content (AvgIpc) is 3.42. The Bertz CT molecular complexity index is 789. The predicted octanol–water partition coefficient (Wildman–Crippen LogP) is 4.06. The summed E-state index contributed by atoms with van der Waals surface area (Å²) in [5.41, 5.74) is 2.06. The van der Waals surface area contributed by atoms with Crippen LogP contribution in [0.2, 0.25) is 0 Å². The molecule has 122 valence electrons. The van der Waals surface area contributed by atoms with E-state index in [9.17, 15) is 4.79 Å². The number of carbonyl (C=O) groups is 1. The van der Waals surface area contributed by atoms with E-state index < -0.39 is 0 Å². The van der Waals surface area contributed by atoms with Crippen molar-refractivity contribution in [1.82, 2.24) is 14.9 Å². The molecule has 1 atom stereocenters. The smallest absolute Gasteiger partial charge is 0.264 e. The van der Waals surface area contributed by atoms with Crippen molar-refractivity contribution >= 4 is 27.5 Å². The number of fused-ring (bicyclic) bond motifs is 1. The van der Waals surface area contributed by atoms with Crippen LogP contribution in [-0.2, 0) is 0 Å². The molecule has 2 fully saturated rings. The standard InChI is InChI=1S/C18H23N3OS/c1-9-14-10(2)19-16(13-7-8-13)20-17(14)23-15(9)18(22)21(4)11(3)12-5-6-12/h11-13H,5-8H2,1-4H3. The topological polar surface area (TPSA) is 46.1 Å². The molecule has 2 saturated carbocycles. The molecule has 2 aliphatic carbocycles. The molecule has 2 aromatic heterocycles. The normalized spacial score (nSPS) is 19.1. The van der Waals surface area contributed by atoms with Crippen LogP contribution >= 0.6 is 11.3 Å². The fraction of sp³-hybridized carbons (Fsp3) is 0.611. The second kappa shape index (κ2) is 5.26. The van der Waals surface area contributed by atoms with Crippen molar-refractivity contribution in [2.45, 2.75) is 58.4 Å². The lowest BCUT2D eigenvalue weighted by Gasteiger charge is -2.24. The molecule has 4 rings (SSSR count). The van der Waals surface area contributed by atoms with E-state index >= 15 is 0 Å². The summed E-state index contributed by atoms with van der Waals surface area (Å²) in [5, 5.41) is 1.08. The summed E-state index contributed by atoms with van der Waals surface area (Å²) in [7, 11) is 1.93. The molecule has 0 aliphatic heterocycles. The third kappa shape index (κ3) is 2.55. The zero-order valence-corrected chi connectivity index (χ0v) is 15.0. The highest BCUT2D eigenvalue weighted by Crippen LogP contribution is 2.41. The summed E-state index contributed by atoms with van der Waals surface area (Å²) in [6.45, 7) is 6.24. The molecular weight excluding hydrogens is 306 g/mol. The van der Waals surface area contributed by atoms with Gasteiger partial charge < -0.3 is 4.90 Å². The molecule has 2 aliphatic rings. The number of rotatable bonds is 4. The second-order valence-electron chi connectivity index (χ2n) is 7.17. The van der Waals surface area contributed by atoms with Gasteiger partial charge in [0.2, 0.25) is 0 Å². The first-order valence-electron chi connectivity index (χ1n) is 8.52. The molecular formula is C18H23N3OS. The Morgan fingerprint density at radius 3 is 2.52 bits per heavy atom. The van der Waals surface area contributed by atoms with Crippen LogP contribution in [0.3, 0.4) is 0 Å². The molecule has 5 heteroatoms. The van der Waals surface area contributed by atoms with Crippen LogP contribution in [0.4, 0.5) is 0 Å². The van der Waals surface area contributed by atoms with Crippen LogP contribution in [-0.4, -0.2) is 33.9 Å². The summed E-state index contributed by atoms with van der Waals surface area (Å²) in [5.74, 6) is 2.33. The largest absolute Gasteiger partial charge is 0.338 e. The molecule has 4 nitrogen and oxygen atoms in total. The zero-order chi connectivity index (χ0) is 16.3. The van der Waals surface area contributed by atoms with Gasteiger partial charge in [-0.25, -0.2) is 9.97 Å². The average molecular weight is 329 g/mol. The molecule has 2 heterocycles. The third-order valence-electron chi connectivity index (χ3n) is 5.36. The van der Waals surface area contributed by atoms with Gasteiger partial charge in [-0.05, 0) is 57.9 Å². The maximum absolute atomic E-state index is 12.9. The molecule has 0 radical (unpaired) electrons. The van der Waals surface area contributed by atoms with Gasteiger partial charge in [-0.3, -0.25) is 4.79 Å². The summed E-state index contributed by atoms with van der Waals surface area (Å²) in [6, 6.07) is 0.321. The molecule has 2 aromatic rings. The number of nitrogens with zero attached hydrogens (tertiary/aromatic N) is 3. The molecule has 1 unspecified atom stereocenters. The second-order valence-corrected chi connectivity index (χ2v) is 8.17. The van der Waals surface area contributed by atoms with Crippen molar-refractivity contribution in [1.29, 1.82) is 0 Å². The fourth-order valence-electron chi connectivity index (χ4n) is 3.33. The van der Waals surface area contributed by atoms with Crippen molar-refractivity contribution < 1.29 is 4.79 Å². The molecule has 23 heavy (non-hydrogen) atoms. The van der Waals surface area contributed by atoms with E-state index in [1.54, 1.807) is 11.3 Å². The van der Waals surface area contributed by atoms with Gasteiger partial charge in [0.25, 0.3) is 5.91 Å². The van der Waals surface area contributed by atoms with Gasteiger partial charge in [0.15, 0.2) is 0 Å². The first-order chi connectivity index (χ1) is 11.0. The van der Waals surface area contributed by atoms with Crippen molar-refractivity contribution in [3.8, 4) is 0 Å². The zero-order valence-electron chi connectivity index (χ0n) is 14.2. The lowest BCUT2D eigenvalue weighted by Crippen LogP contribution is -2.36. The number of aryl methyl sites for hydroxylation is 2. The van der Waals surface area contributed by atoms with Gasteiger partial charge in [0.1, 0.15) is 10.7 Å². The molecule has 0 bridgehead atoms. The maximum atomic E-state index is 12.9. The first-order valence-corrected chi connectivity index (χ1v) is 9.33. The Morgan fingerprint density at radius 2 is 1.91 bits per heavy atom. The summed E-state index contributed by atoms with van der Waals surface area (Å²) in [4.78, 5) is 26.1. The number of hydrogen-bond donors (Lipinski definition) is 0. The van der Waals surface area contributed by atoms with Crippen molar-refractivity contribution in [2.75, 3.05) is 7.05 Å². The van der Waals surface area contributed by atoms with Crippen LogP contribution in [0.1, 0.15) is 65.3 Å². The minimum Gasteiger partial charge on any atom is -0.338 e. The third-order valence-corrected chi connectivity index (χ3v) is 6.53. The Labute approximate surface area is 140 Å². The Hall–Kier alpha value is -1.49. The van der Waals surface area contributed by atoms with Gasteiger partial charge in [-0.2, -0.15) is 0 Å². The van der Waals surface area contributed by atoms with Crippen molar-refractivity contribution in [3.63, 3.8) is 0 Å². The van der Waals surface area contributed by atoms with Crippen LogP contribution < -0.4 is 0 Å². The molecule has 0 saturated heterocycles. The van der Waals surface area contributed by atoms with Gasteiger partial charge >= 0.3 is 0 Å². The van der Waals surface area contributed by atoms with Gasteiger partial charge in [0, 0.05) is 24.4 Å². The van der Waals surface area contributed by atoms with Gasteiger partial charge in [-0.15, -0.1) is 11.3 Å². The number of thiophene rings is 1. The maximum Gasteiger partial charge on any atom is 0.264 e. The van der Waals surface area contributed by atoms with Crippen molar-refractivity contribution in [3.05, 3.63) is 22.0 Å². The minimum atomic E-state index is 0.136. The van der Waals surface area contributed by atoms with E-state index in [0.717, 1.165) is 32.2 Å². The van der Waals surface area contributed by atoms with Crippen LogP contribution in [0.25, 0.3) is 10.2 Å². The molecule has 1 amide bonds. The fourth-order valence-corrected chi connectivity index (χ4v) is 4.55. The van der Waals surface area contributed by atoms with E-state index in [0.29, 0.717) is 17.9 Å². The van der Waals surface area contributed by atoms with Crippen LogP contribution in [0, 0.1) is 19.8 Å². The molecule has 0 spiro atoms. The van der Waals surface area contributed by atoms with E-state index in [1.165, 1.54) is 25.7 Å². The highest BCUT2D eigenvalue weighted by molar-refractivity contribution is 7.20. The van der Waals surface area contributed by atoms with Gasteiger partial charge in [0.05, 0.1) is 10.6 Å². The minimum absolute atomic E-state index is 0.136. The van der Waals surface area contributed by atoms with Gasteiger partial charge in [-0.1, -0.05) is 0 Å². The van der Waals surface area contributed by atoms with Crippen molar-refractivity contribution in [2.24, 2.45) is 5.92 Å². The SMILES string of the molecule is Cc1nc(C2CC2)nc2sc(C(=O)N(C)C(C)C3CC3)c(C)c12. The van der Waals surface area contributed by atoms with E-state index in [2.05, 4.69) is 11.9 Å². The van der Waals surface area contributed by atoms with E-state index in [-0.39, 0.29) is 5.91 Å². The number of aromatic nitrogens is 2. The Morgan fingerprint density at radius 1 is 1.22 bits per heavy atom. The first kappa shape index (κ1) is 15.1. The quantitative estimate of drug-likeness (QED) is 0.850. The Balaban J connectivity index is 1.73. The number of hydrogen-bond acceptors (Lipinski definition) is 4. The van der Waals surface area contributed by atoms with E-state index in [4.69, 9.17) is 4.98 Å². The van der Waals surface area contributed by atoms with Crippen LogP contribution in [0.15, 0.2) is 0 Å². The lowest BCUT2D eigenvalue weighted by atomic mass is 10.1. The summed E-state index contributed by atoms with van der Waals surface area (Å²) < 4.78 is 0. The highest BCUT2D eigenvalue weighted by Gasteiger charge is 2.34. The lowest BCUT2D eigenvalue weighted by molar-refractivity contribution is 0.0731. The van der Waals surface area contributed by atoms with E-state index in [1.807, 2.05) is 25.8 Å². The number of carbonyl (C=O) groups excluding carboxylic acids is 1. The Kier molecular flexibility index (Phi) is 3.45. The highest BCUT2D eigenvalue weighted by atomic mass is 32.1. The van der Waals surface area contributed by atoms with Crippen LogP contribution in [0.5, 0.6) is 0 Å². The monoisotopic (exact) mass is 329 g/mol. The molecule has 0 aromatic carbocycles. The predicted molar refractivity (Wildman–Crippen MR) is 93.1 cm³/mol. The molecule has 0 N–H and O–H groups in total. The summed E-state index contributed by atoms with van der Waals surface area (Å²) in [6.07, 6.45) is 4.89. The number of amides is 1. The summed E-state index contributed by atoms with van der Waals surface area (Å²) >= 11 is 1.54.